The number of imidazole rings is 1. The van der Waals surface area contributed by atoms with Crippen LogP contribution in [0.25, 0.3) is 21.9 Å². The van der Waals surface area contributed by atoms with Crippen molar-refractivity contribution in [1.29, 1.82) is 0 Å². The molecule has 0 saturated carbocycles. The van der Waals surface area contributed by atoms with E-state index in [4.69, 9.17) is 9.15 Å². The molecule has 150 valence electrons. The molecule has 0 saturated heterocycles. The number of ether oxygens (including phenoxy) is 1. The Balaban J connectivity index is 1.17. The molecule has 0 unspecified atom stereocenters. The molecule has 5 rings (SSSR count). The molecule has 0 atom stereocenters. The first-order valence-corrected chi connectivity index (χ1v) is 10.8. The molecule has 6 heteroatoms. The number of thiophene rings is 1. The van der Waals surface area contributed by atoms with Crippen molar-refractivity contribution in [3.8, 4) is 16.5 Å². The van der Waals surface area contributed by atoms with Crippen molar-refractivity contribution in [3.63, 3.8) is 0 Å². The van der Waals surface area contributed by atoms with Crippen molar-refractivity contribution < 1.29 is 9.15 Å². The Morgan fingerprint density at radius 3 is 2.73 bits per heavy atom. The molecule has 3 aromatic heterocycles. The molecule has 5 aromatic rings. The number of oxazole rings is 1. The summed E-state index contributed by atoms with van der Waals surface area (Å²) in [6, 6.07) is 18.4. The highest BCUT2D eigenvalue weighted by Gasteiger charge is 2.09. The van der Waals surface area contributed by atoms with Crippen LogP contribution in [0.3, 0.4) is 0 Å². The first-order chi connectivity index (χ1) is 14.8. The Hall–Kier alpha value is -3.38. The van der Waals surface area contributed by atoms with Crippen molar-refractivity contribution >= 4 is 22.4 Å². The third kappa shape index (κ3) is 4.28. The van der Waals surface area contributed by atoms with Crippen LogP contribution in [-0.2, 0) is 19.6 Å². The van der Waals surface area contributed by atoms with Gasteiger partial charge in [0, 0.05) is 18.9 Å². The molecule has 0 radical (unpaired) electrons. The number of rotatable bonds is 8. The first-order valence-electron chi connectivity index (χ1n) is 9.94. The maximum Gasteiger partial charge on any atom is 0.237 e. The summed E-state index contributed by atoms with van der Waals surface area (Å²) >= 11 is 1.62. The fourth-order valence-corrected chi connectivity index (χ4v) is 4.02. The third-order valence-corrected chi connectivity index (χ3v) is 5.81. The minimum atomic E-state index is 0.497. The Morgan fingerprint density at radius 1 is 1.03 bits per heavy atom. The topological polar surface area (TPSA) is 53.1 Å². The predicted molar refractivity (Wildman–Crippen MR) is 119 cm³/mol. The van der Waals surface area contributed by atoms with Crippen molar-refractivity contribution in [2.45, 2.75) is 26.0 Å². The summed E-state index contributed by atoms with van der Waals surface area (Å²) in [5.74, 6) is 1.54. The summed E-state index contributed by atoms with van der Waals surface area (Å²) < 4.78 is 13.9. The van der Waals surface area contributed by atoms with Crippen LogP contribution in [0.15, 0.2) is 83.1 Å². The van der Waals surface area contributed by atoms with Gasteiger partial charge in [0.1, 0.15) is 17.9 Å². The summed E-state index contributed by atoms with van der Waals surface area (Å²) in [7, 11) is 0. The molecule has 0 spiro atoms. The van der Waals surface area contributed by atoms with Crippen molar-refractivity contribution in [3.05, 3.63) is 89.8 Å². The average molecular weight is 416 g/mol. The number of aryl methyl sites for hydroxylation is 2. The number of hydrogen-bond acceptors (Lipinski definition) is 5. The summed E-state index contributed by atoms with van der Waals surface area (Å²) in [4.78, 5) is 9.72. The van der Waals surface area contributed by atoms with Gasteiger partial charge in [0.05, 0.1) is 11.2 Å². The molecule has 0 aliphatic heterocycles. The van der Waals surface area contributed by atoms with Crippen LogP contribution < -0.4 is 4.74 Å². The number of benzene rings is 2. The molecular weight excluding hydrogens is 394 g/mol. The largest absolute Gasteiger partial charge is 0.489 e. The fraction of sp³-hybridized carbons (Fsp3) is 0.167. The van der Waals surface area contributed by atoms with Gasteiger partial charge in [-0.25, -0.2) is 9.97 Å². The standard InChI is InChI=1S/C24H21N3O2S/c1(12-27-13-11-25-17-27)3-18-5-8-20(9-6-18)28-16-19-7-10-22-21(15-19)26-24(29-22)23-4-2-14-30-23/h2,4-11,13-15,17H,1,3,12,16H2. The van der Waals surface area contributed by atoms with Gasteiger partial charge in [-0.3, -0.25) is 0 Å². The van der Waals surface area contributed by atoms with E-state index in [2.05, 4.69) is 26.7 Å². The molecule has 0 bridgehead atoms. The van der Waals surface area contributed by atoms with Crippen LogP contribution in [0.4, 0.5) is 0 Å². The molecule has 5 nitrogen and oxygen atoms in total. The van der Waals surface area contributed by atoms with Crippen LogP contribution in [0.1, 0.15) is 17.5 Å². The summed E-state index contributed by atoms with van der Waals surface area (Å²) in [5, 5.41) is 2.02. The lowest BCUT2D eigenvalue weighted by Crippen LogP contribution is -1.97. The van der Waals surface area contributed by atoms with Gasteiger partial charge < -0.3 is 13.7 Å². The highest BCUT2D eigenvalue weighted by atomic mass is 32.1. The van der Waals surface area contributed by atoms with Gasteiger partial charge in [-0.15, -0.1) is 11.3 Å². The quantitative estimate of drug-likeness (QED) is 0.314. The molecule has 30 heavy (non-hydrogen) atoms. The minimum absolute atomic E-state index is 0.497. The Kier molecular flexibility index (Phi) is 5.31. The van der Waals surface area contributed by atoms with Gasteiger partial charge in [0.25, 0.3) is 0 Å². The smallest absolute Gasteiger partial charge is 0.237 e. The zero-order chi connectivity index (χ0) is 20.2. The average Bonchev–Trinajstić information content (AvgIpc) is 3.54. The molecule has 0 fully saturated rings. The third-order valence-electron chi connectivity index (χ3n) is 4.95. The van der Waals surface area contributed by atoms with E-state index in [0.717, 1.165) is 46.7 Å². The Labute approximate surface area is 178 Å². The molecule has 3 heterocycles. The van der Waals surface area contributed by atoms with Crippen LogP contribution >= 0.6 is 11.3 Å². The molecule has 0 N–H and O–H groups in total. The molecular formula is C24H21N3O2S. The predicted octanol–water partition coefficient (Wildman–Crippen LogP) is 5.96. The van der Waals surface area contributed by atoms with Crippen LogP contribution in [0.5, 0.6) is 5.75 Å². The lowest BCUT2D eigenvalue weighted by molar-refractivity contribution is 0.306. The van der Waals surface area contributed by atoms with Crippen molar-refractivity contribution in [2.24, 2.45) is 0 Å². The Bertz CT molecular complexity index is 1210. The van der Waals surface area contributed by atoms with E-state index < -0.39 is 0 Å². The van der Waals surface area contributed by atoms with Crippen molar-refractivity contribution in [1.82, 2.24) is 14.5 Å². The Morgan fingerprint density at radius 2 is 1.93 bits per heavy atom. The monoisotopic (exact) mass is 415 g/mol. The molecule has 2 aromatic carbocycles. The van der Waals surface area contributed by atoms with Crippen LogP contribution in [0, 0.1) is 0 Å². The van der Waals surface area contributed by atoms with E-state index in [0.29, 0.717) is 12.5 Å². The van der Waals surface area contributed by atoms with Crippen LogP contribution in [-0.4, -0.2) is 14.5 Å². The summed E-state index contributed by atoms with van der Waals surface area (Å²) in [6.45, 7) is 1.48. The zero-order valence-corrected chi connectivity index (χ0v) is 17.2. The van der Waals surface area contributed by atoms with E-state index >= 15 is 0 Å². The normalized spacial score (nSPS) is 11.2. The second-order valence-corrected chi connectivity index (χ2v) is 8.08. The second kappa shape index (κ2) is 8.55. The maximum atomic E-state index is 5.97. The lowest BCUT2D eigenvalue weighted by atomic mass is 10.1. The highest BCUT2D eigenvalue weighted by Crippen LogP contribution is 2.28. The minimum Gasteiger partial charge on any atom is -0.489 e. The summed E-state index contributed by atoms with van der Waals surface area (Å²) in [5.41, 5.74) is 4.03. The zero-order valence-electron chi connectivity index (χ0n) is 16.4. The van der Waals surface area contributed by atoms with Crippen molar-refractivity contribution in [2.75, 3.05) is 0 Å². The van der Waals surface area contributed by atoms with Gasteiger partial charge >= 0.3 is 0 Å². The van der Waals surface area contributed by atoms with E-state index in [9.17, 15) is 0 Å². The second-order valence-electron chi connectivity index (χ2n) is 7.14. The SMILES string of the molecule is c1csc(-c2nc3cc(COc4ccc(CCCn5ccnc5)cc4)ccc3o2)c1. The van der Waals surface area contributed by atoms with Gasteiger partial charge in [-0.1, -0.05) is 24.3 Å². The summed E-state index contributed by atoms with van der Waals surface area (Å²) in [6.07, 6.45) is 7.79. The van der Waals surface area contributed by atoms with E-state index in [1.54, 1.807) is 11.3 Å². The molecule has 0 amide bonds. The number of fused-ring (bicyclic) bond motifs is 1. The van der Waals surface area contributed by atoms with E-state index in [-0.39, 0.29) is 0 Å². The van der Waals surface area contributed by atoms with E-state index in [1.807, 2.05) is 66.6 Å². The molecule has 0 aliphatic carbocycles. The van der Waals surface area contributed by atoms with Gasteiger partial charge in [-0.2, -0.15) is 0 Å². The van der Waals surface area contributed by atoms with Gasteiger partial charge in [0.2, 0.25) is 5.89 Å². The number of nitrogens with zero attached hydrogens (tertiary/aromatic N) is 3. The molecule has 0 aliphatic rings. The van der Waals surface area contributed by atoms with E-state index in [1.165, 1.54) is 5.56 Å². The fourth-order valence-electron chi connectivity index (χ4n) is 3.37. The van der Waals surface area contributed by atoms with Gasteiger partial charge in [-0.05, 0) is 59.7 Å². The number of aromatic nitrogens is 3. The first kappa shape index (κ1) is 18.6. The highest BCUT2D eigenvalue weighted by molar-refractivity contribution is 7.13. The van der Waals surface area contributed by atoms with Gasteiger partial charge in [0.15, 0.2) is 5.58 Å². The maximum absolute atomic E-state index is 5.97. The number of hydrogen-bond donors (Lipinski definition) is 0. The van der Waals surface area contributed by atoms with Crippen LogP contribution in [0.2, 0.25) is 0 Å². The lowest BCUT2D eigenvalue weighted by Gasteiger charge is -2.08.